The summed E-state index contributed by atoms with van der Waals surface area (Å²) >= 11 is 0. The Hall–Kier alpha value is -2.10. The Kier molecular flexibility index (Phi) is 5.47. The maximum absolute atomic E-state index is 12.2. The number of esters is 1. The second-order valence-corrected chi connectivity index (χ2v) is 7.48. The van der Waals surface area contributed by atoms with Crippen molar-refractivity contribution in [2.24, 2.45) is 0 Å². The van der Waals surface area contributed by atoms with Crippen LogP contribution in [0.4, 0.5) is 0 Å². The van der Waals surface area contributed by atoms with Gasteiger partial charge < -0.3 is 10.1 Å². The zero-order valence-electron chi connectivity index (χ0n) is 15.0. The minimum absolute atomic E-state index is 0.106. The van der Waals surface area contributed by atoms with Crippen molar-refractivity contribution in [1.82, 2.24) is 5.32 Å². The van der Waals surface area contributed by atoms with E-state index in [-0.39, 0.29) is 17.3 Å². The molecule has 1 aliphatic carbocycles. The Labute approximate surface area is 144 Å². The van der Waals surface area contributed by atoms with E-state index in [2.05, 4.69) is 38.2 Å². The van der Waals surface area contributed by atoms with Crippen LogP contribution in [-0.2, 0) is 19.7 Å². The summed E-state index contributed by atoms with van der Waals surface area (Å²) in [6, 6.07) is 8.14. The summed E-state index contributed by atoms with van der Waals surface area (Å²) in [6.45, 7) is 6.50. The first-order valence-corrected chi connectivity index (χ1v) is 8.46. The Balaban J connectivity index is 2.03. The van der Waals surface area contributed by atoms with Gasteiger partial charge in [-0.1, -0.05) is 57.9 Å². The third-order valence-electron chi connectivity index (χ3n) is 4.60. The van der Waals surface area contributed by atoms with E-state index < -0.39 is 5.54 Å². The molecule has 24 heavy (non-hydrogen) atoms. The lowest BCUT2D eigenvalue weighted by molar-refractivity contribution is -0.150. The molecule has 0 unspecified atom stereocenters. The number of rotatable bonds is 4. The van der Waals surface area contributed by atoms with Crippen molar-refractivity contribution in [3.8, 4) is 0 Å². The molecule has 0 bridgehead atoms. The molecule has 0 aromatic heterocycles. The first-order valence-electron chi connectivity index (χ1n) is 8.46. The van der Waals surface area contributed by atoms with Crippen LogP contribution in [0.3, 0.4) is 0 Å². The number of methoxy groups -OCH3 is 1. The highest BCUT2D eigenvalue weighted by atomic mass is 16.5. The highest BCUT2D eigenvalue weighted by molar-refractivity contribution is 5.96. The van der Waals surface area contributed by atoms with E-state index in [1.54, 1.807) is 6.08 Å². The largest absolute Gasteiger partial charge is 0.467 e. The van der Waals surface area contributed by atoms with Crippen molar-refractivity contribution in [3.05, 3.63) is 41.5 Å². The number of carbonyl (C=O) groups excluding carboxylic acids is 2. The van der Waals surface area contributed by atoms with Gasteiger partial charge in [0.15, 0.2) is 0 Å². The van der Waals surface area contributed by atoms with Crippen LogP contribution in [0.2, 0.25) is 0 Å². The number of ether oxygens (including phenoxy) is 1. The molecular weight excluding hydrogens is 302 g/mol. The summed E-state index contributed by atoms with van der Waals surface area (Å²) in [5.41, 5.74) is 1.46. The molecule has 2 rings (SSSR count). The molecule has 0 atom stereocenters. The molecule has 4 nitrogen and oxygen atoms in total. The number of carbonyl (C=O) groups is 2. The second kappa shape index (κ2) is 7.20. The lowest BCUT2D eigenvalue weighted by atomic mass is 9.87. The average molecular weight is 329 g/mol. The Bertz CT molecular complexity index is 617. The van der Waals surface area contributed by atoms with Crippen LogP contribution in [0.5, 0.6) is 0 Å². The zero-order chi connectivity index (χ0) is 17.8. The number of benzene rings is 1. The fraction of sp³-hybridized carbons (Fsp3) is 0.500. The molecule has 1 aliphatic rings. The minimum Gasteiger partial charge on any atom is -0.467 e. The molecule has 1 fully saturated rings. The van der Waals surface area contributed by atoms with E-state index in [4.69, 9.17) is 4.74 Å². The average Bonchev–Trinajstić information content (AvgIpc) is 3.01. The van der Waals surface area contributed by atoms with Crippen molar-refractivity contribution < 1.29 is 14.3 Å². The molecule has 1 saturated carbocycles. The summed E-state index contributed by atoms with van der Waals surface area (Å²) in [5.74, 6) is -0.613. The standard InChI is InChI=1S/C20H27NO3/c1-19(2,3)16-10-7-15(8-11-16)9-12-17(22)21-20(18(23)24-4)13-5-6-14-20/h7-12H,5-6,13-14H2,1-4H3,(H,21,22)/b12-9+. The molecule has 4 heteroatoms. The van der Waals surface area contributed by atoms with Gasteiger partial charge in [0.05, 0.1) is 7.11 Å². The number of amides is 1. The van der Waals surface area contributed by atoms with E-state index in [0.717, 1.165) is 18.4 Å². The summed E-state index contributed by atoms with van der Waals surface area (Å²) in [5, 5.41) is 2.85. The van der Waals surface area contributed by atoms with Crippen molar-refractivity contribution in [2.45, 2.75) is 57.4 Å². The van der Waals surface area contributed by atoms with Crippen molar-refractivity contribution in [2.75, 3.05) is 7.11 Å². The predicted octanol–water partition coefficient (Wildman–Crippen LogP) is 3.60. The first-order chi connectivity index (χ1) is 11.3. The summed E-state index contributed by atoms with van der Waals surface area (Å²) in [7, 11) is 1.36. The fourth-order valence-electron chi connectivity index (χ4n) is 3.10. The molecular formula is C20H27NO3. The van der Waals surface area contributed by atoms with Gasteiger partial charge in [0, 0.05) is 6.08 Å². The smallest absolute Gasteiger partial charge is 0.331 e. The Morgan fingerprint density at radius 3 is 2.21 bits per heavy atom. The summed E-state index contributed by atoms with van der Waals surface area (Å²) < 4.78 is 4.87. The second-order valence-electron chi connectivity index (χ2n) is 7.48. The molecule has 0 spiro atoms. The third-order valence-corrected chi connectivity index (χ3v) is 4.60. The highest BCUT2D eigenvalue weighted by Crippen LogP contribution is 2.30. The van der Waals surface area contributed by atoms with Crippen molar-refractivity contribution in [3.63, 3.8) is 0 Å². The number of hydrogen-bond acceptors (Lipinski definition) is 3. The molecule has 130 valence electrons. The normalized spacial score (nSPS) is 17.0. The van der Waals surface area contributed by atoms with E-state index >= 15 is 0 Å². The molecule has 1 aromatic carbocycles. The quantitative estimate of drug-likeness (QED) is 0.678. The predicted molar refractivity (Wildman–Crippen MR) is 95.5 cm³/mol. The van der Waals surface area contributed by atoms with Crippen molar-refractivity contribution >= 4 is 18.0 Å². The number of nitrogens with one attached hydrogen (secondary N) is 1. The van der Waals surface area contributed by atoms with Crippen LogP contribution in [-0.4, -0.2) is 24.5 Å². The maximum atomic E-state index is 12.2. The van der Waals surface area contributed by atoms with Gasteiger partial charge in [-0.3, -0.25) is 4.79 Å². The monoisotopic (exact) mass is 329 g/mol. The fourth-order valence-corrected chi connectivity index (χ4v) is 3.10. The van der Waals surface area contributed by atoms with Gasteiger partial charge >= 0.3 is 5.97 Å². The first kappa shape index (κ1) is 18.2. The SMILES string of the molecule is COC(=O)C1(NC(=O)/C=C/c2ccc(C(C)(C)C)cc2)CCCC1. The lowest BCUT2D eigenvalue weighted by Gasteiger charge is -2.26. The summed E-state index contributed by atoms with van der Waals surface area (Å²) in [6.07, 6.45) is 6.37. The van der Waals surface area contributed by atoms with E-state index in [0.29, 0.717) is 12.8 Å². The van der Waals surface area contributed by atoms with Crippen LogP contribution in [0.25, 0.3) is 6.08 Å². The van der Waals surface area contributed by atoms with Gasteiger partial charge in [0.25, 0.3) is 0 Å². The van der Waals surface area contributed by atoms with Gasteiger partial charge in [-0.05, 0) is 35.5 Å². The third kappa shape index (κ3) is 4.25. The van der Waals surface area contributed by atoms with Crippen LogP contribution in [0, 0.1) is 0 Å². The van der Waals surface area contributed by atoms with Crippen LogP contribution in [0.1, 0.15) is 57.6 Å². The minimum atomic E-state index is -0.855. The molecule has 1 amide bonds. The van der Waals surface area contributed by atoms with E-state index in [1.807, 2.05) is 12.1 Å². The molecule has 0 aliphatic heterocycles. The topological polar surface area (TPSA) is 55.4 Å². The van der Waals surface area contributed by atoms with Crippen molar-refractivity contribution in [1.29, 1.82) is 0 Å². The Morgan fingerprint density at radius 1 is 1.12 bits per heavy atom. The zero-order valence-corrected chi connectivity index (χ0v) is 15.0. The van der Waals surface area contributed by atoms with Gasteiger partial charge in [-0.2, -0.15) is 0 Å². The van der Waals surface area contributed by atoms with Gasteiger partial charge in [0.2, 0.25) is 5.91 Å². The van der Waals surface area contributed by atoms with Crippen LogP contribution in [0.15, 0.2) is 30.3 Å². The summed E-state index contributed by atoms with van der Waals surface area (Å²) in [4.78, 5) is 24.2. The van der Waals surface area contributed by atoms with E-state index in [1.165, 1.54) is 18.7 Å². The molecule has 1 aromatic rings. The van der Waals surface area contributed by atoms with Gasteiger partial charge in [-0.15, -0.1) is 0 Å². The van der Waals surface area contributed by atoms with E-state index in [9.17, 15) is 9.59 Å². The van der Waals surface area contributed by atoms with Crippen LogP contribution < -0.4 is 5.32 Å². The molecule has 0 radical (unpaired) electrons. The van der Waals surface area contributed by atoms with Crippen LogP contribution >= 0.6 is 0 Å². The Morgan fingerprint density at radius 2 is 1.71 bits per heavy atom. The molecule has 1 N–H and O–H groups in total. The highest BCUT2D eigenvalue weighted by Gasteiger charge is 2.43. The molecule has 0 heterocycles. The number of hydrogen-bond donors (Lipinski definition) is 1. The van der Waals surface area contributed by atoms with Gasteiger partial charge in [-0.25, -0.2) is 4.79 Å². The molecule has 0 saturated heterocycles. The lowest BCUT2D eigenvalue weighted by Crippen LogP contribution is -2.52. The maximum Gasteiger partial charge on any atom is 0.331 e. The van der Waals surface area contributed by atoms with Gasteiger partial charge in [0.1, 0.15) is 5.54 Å².